The average Bonchev–Trinajstić information content (AvgIpc) is 3.44. The third kappa shape index (κ3) is 4.12. The maximum atomic E-state index is 12.7. The molecule has 138 valence electrons. The predicted molar refractivity (Wildman–Crippen MR) is 90.5 cm³/mol. The van der Waals surface area contributed by atoms with E-state index in [1.807, 2.05) is 6.07 Å². The van der Waals surface area contributed by atoms with Gasteiger partial charge in [-0.25, -0.2) is 4.79 Å². The van der Waals surface area contributed by atoms with Crippen LogP contribution in [-0.4, -0.2) is 13.1 Å². The molecule has 1 fully saturated rings. The summed E-state index contributed by atoms with van der Waals surface area (Å²) in [7, 11) is 1.30. The van der Waals surface area contributed by atoms with Crippen molar-refractivity contribution in [3.63, 3.8) is 0 Å². The molecule has 3 nitrogen and oxygen atoms in total. The van der Waals surface area contributed by atoms with Gasteiger partial charge in [-0.2, -0.15) is 13.2 Å². The van der Waals surface area contributed by atoms with E-state index in [2.05, 4.69) is 0 Å². The summed E-state index contributed by atoms with van der Waals surface area (Å²) in [6.07, 6.45) is -2.28. The van der Waals surface area contributed by atoms with E-state index in [1.165, 1.54) is 13.2 Å². The van der Waals surface area contributed by atoms with Crippen molar-refractivity contribution in [2.75, 3.05) is 7.11 Å². The molecule has 0 heterocycles. The number of carbonyl (C=O) groups is 1. The number of esters is 1. The lowest BCUT2D eigenvalue weighted by atomic mass is 10.0. The largest absolute Gasteiger partial charge is 0.487 e. The van der Waals surface area contributed by atoms with Gasteiger partial charge >= 0.3 is 12.1 Å². The summed E-state index contributed by atoms with van der Waals surface area (Å²) in [6, 6.07) is 8.38. The van der Waals surface area contributed by atoms with E-state index >= 15 is 0 Å². The third-order valence-electron chi connectivity index (χ3n) is 4.23. The minimum absolute atomic E-state index is 0.0134. The number of rotatable bonds is 5. The van der Waals surface area contributed by atoms with Crippen LogP contribution in [0.2, 0.25) is 5.02 Å². The van der Waals surface area contributed by atoms with Crippen LogP contribution in [0.5, 0.6) is 5.75 Å². The summed E-state index contributed by atoms with van der Waals surface area (Å²) in [6.45, 7) is -0.0134. The van der Waals surface area contributed by atoms with E-state index < -0.39 is 17.7 Å². The average molecular weight is 385 g/mol. The Labute approximate surface area is 153 Å². The molecule has 26 heavy (non-hydrogen) atoms. The zero-order valence-corrected chi connectivity index (χ0v) is 14.7. The van der Waals surface area contributed by atoms with E-state index in [0.717, 1.165) is 30.5 Å². The van der Waals surface area contributed by atoms with Crippen LogP contribution in [0.25, 0.3) is 0 Å². The molecular formula is C19H16ClF3O3. The fourth-order valence-electron chi connectivity index (χ4n) is 2.64. The number of benzene rings is 2. The van der Waals surface area contributed by atoms with Gasteiger partial charge in [0.2, 0.25) is 0 Å². The number of carbonyl (C=O) groups excluding carboxylic acids is 1. The first-order valence-electron chi connectivity index (χ1n) is 8.00. The van der Waals surface area contributed by atoms with Gasteiger partial charge in [0.05, 0.1) is 23.3 Å². The highest BCUT2D eigenvalue weighted by Crippen LogP contribution is 2.41. The number of hydrogen-bond donors (Lipinski definition) is 0. The van der Waals surface area contributed by atoms with Crippen molar-refractivity contribution in [2.45, 2.75) is 31.5 Å². The number of ether oxygens (including phenoxy) is 2. The first-order chi connectivity index (χ1) is 12.3. The van der Waals surface area contributed by atoms with Crippen molar-refractivity contribution in [3.8, 4) is 5.75 Å². The topological polar surface area (TPSA) is 35.5 Å². The SMILES string of the molecule is COC(=O)c1cc(C2CC2)ccc1COc1ccc(C(F)(F)F)cc1Cl. The predicted octanol–water partition coefficient (Wildman–Crippen LogP) is 5.60. The molecule has 7 heteroatoms. The van der Waals surface area contributed by atoms with Gasteiger partial charge in [0.25, 0.3) is 0 Å². The van der Waals surface area contributed by atoms with E-state index in [-0.39, 0.29) is 17.4 Å². The molecule has 0 amide bonds. The first kappa shape index (κ1) is 18.6. The highest BCUT2D eigenvalue weighted by molar-refractivity contribution is 6.32. The van der Waals surface area contributed by atoms with E-state index in [1.54, 1.807) is 12.1 Å². The Balaban J connectivity index is 1.80. The molecule has 0 N–H and O–H groups in total. The van der Waals surface area contributed by atoms with Crippen LogP contribution in [-0.2, 0) is 17.5 Å². The molecule has 1 saturated carbocycles. The second-order valence-corrected chi connectivity index (χ2v) is 6.52. The van der Waals surface area contributed by atoms with E-state index in [9.17, 15) is 18.0 Å². The van der Waals surface area contributed by atoms with Gasteiger partial charge in [0.1, 0.15) is 12.4 Å². The summed E-state index contributed by atoms with van der Waals surface area (Å²) in [4.78, 5) is 12.0. The standard InChI is InChI=1S/C19H16ClF3O3/c1-25-18(24)15-8-12(11-2-3-11)4-5-13(15)10-26-17-7-6-14(9-16(17)20)19(21,22)23/h4-9,11H,2-3,10H2,1H3. The lowest BCUT2D eigenvalue weighted by Crippen LogP contribution is -2.09. The van der Waals surface area contributed by atoms with E-state index in [4.69, 9.17) is 21.1 Å². The van der Waals surface area contributed by atoms with Crippen molar-refractivity contribution in [2.24, 2.45) is 0 Å². The van der Waals surface area contributed by atoms with Gasteiger partial charge in [-0.05, 0) is 48.6 Å². The zero-order valence-electron chi connectivity index (χ0n) is 13.9. The summed E-state index contributed by atoms with van der Waals surface area (Å²) >= 11 is 5.89. The molecule has 0 atom stereocenters. The first-order valence-corrected chi connectivity index (χ1v) is 8.38. The van der Waals surface area contributed by atoms with Gasteiger partial charge in [0, 0.05) is 5.56 Å². The van der Waals surface area contributed by atoms with Crippen LogP contribution >= 0.6 is 11.6 Å². The molecule has 0 spiro atoms. The van der Waals surface area contributed by atoms with Crippen molar-refractivity contribution in [1.29, 1.82) is 0 Å². The second kappa shape index (κ2) is 7.19. The molecule has 0 radical (unpaired) electrons. The van der Waals surface area contributed by atoms with Crippen LogP contribution in [0.1, 0.15) is 45.8 Å². The fourth-order valence-corrected chi connectivity index (χ4v) is 2.88. The molecule has 1 aliphatic rings. The number of hydrogen-bond acceptors (Lipinski definition) is 3. The monoisotopic (exact) mass is 384 g/mol. The van der Waals surface area contributed by atoms with Gasteiger partial charge in [-0.3, -0.25) is 0 Å². The summed E-state index contributed by atoms with van der Waals surface area (Å²) < 4.78 is 48.4. The quantitative estimate of drug-likeness (QED) is 0.629. The molecule has 1 aliphatic carbocycles. The highest BCUT2D eigenvalue weighted by atomic mass is 35.5. The second-order valence-electron chi connectivity index (χ2n) is 6.11. The van der Waals surface area contributed by atoms with Crippen LogP contribution < -0.4 is 4.74 Å². The van der Waals surface area contributed by atoms with Gasteiger partial charge in [-0.15, -0.1) is 0 Å². The number of methoxy groups -OCH3 is 1. The molecule has 0 unspecified atom stereocenters. The Morgan fingerprint density at radius 1 is 1.19 bits per heavy atom. The molecular weight excluding hydrogens is 369 g/mol. The van der Waals surface area contributed by atoms with E-state index in [0.29, 0.717) is 17.0 Å². The number of alkyl halides is 3. The minimum atomic E-state index is -4.47. The van der Waals surface area contributed by atoms with Crippen LogP contribution in [0.4, 0.5) is 13.2 Å². The Morgan fingerprint density at radius 3 is 2.50 bits per heavy atom. The van der Waals surface area contributed by atoms with Crippen molar-refractivity contribution < 1.29 is 27.4 Å². The zero-order chi connectivity index (χ0) is 18.9. The van der Waals surface area contributed by atoms with Gasteiger partial charge < -0.3 is 9.47 Å². The Hall–Kier alpha value is -2.21. The Bertz CT molecular complexity index is 829. The minimum Gasteiger partial charge on any atom is -0.487 e. The summed E-state index contributed by atoms with van der Waals surface area (Å²) in [5.41, 5.74) is 1.19. The number of halogens is 4. The van der Waals surface area contributed by atoms with Crippen LogP contribution in [0.15, 0.2) is 36.4 Å². The smallest absolute Gasteiger partial charge is 0.416 e. The van der Waals surface area contributed by atoms with Gasteiger partial charge in [-0.1, -0.05) is 23.7 Å². The molecule has 2 aromatic carbocycles. The van der Waals surface area contributed by atoms with Crippen LogP contribution in [0, 0.1) is 0 Å². The molecule has 0 aliphatic heterocycles. The maximum Gasteiger partial charge on any atom is 0.416 e. The van der Waals surface area contributed by atoms with Crippen molar-refractivity contribution in [3.05, 3.63) is 63.7 Å². The third-order valence-corrected chi connectivity index (χ3v) is 4.53. The molecule has 2 aromatic rings. The maximum absolute atomic E-state index is 12.7. The Kier molecular flexibility index (Phi) is 5.14. The molecule has 0 bridgehead atoms. The van der Waals surface area contributed by atoms with Crippen molar-refractivity contribution in [1.82, 2.24) is 0 Å². The molecule has 0 saturated heterocycles. The molecule has 0 aromatic heterocycles. The van der Waals surface area contributed by atoms with Crippen LogP contribution in [0.3, 0.4) is 0 Å². The lowest BCUT2D eigenvalue weighted by Gasteiger charge is -2.14. The van der Waals surface area contributed by atoms with Gasteiger partial charge in [0.15, 0.2) is 0 Å². The summed E-state index contributed by atoms with van der Waals surface area (Å²) in [5, 5.41) is -0.144. The summed E-state index contributed by atoms with van der Waals surface area (Å²) in [5.74, 6) is 0.101. The Morgan fingerprint density at radius 2 is 1.92 bits per heavy atom. The van der Waals surface area contributed by atoms with Crippen molar-refractivity contribution >= 4 is 17.6 Å². The lowest BCUT2D eigenvalue weighted by molar-refractivity contribution is -0.137. The highest BCUT2D eigenvalue weighted by Gasteiger charge is 2.31. The fraction of sp³-hybridized carbons (Fsp3) is 0.316. The normalized spacial score (nSPS) is 14.2. The molecule has 3 rings (SSSR count).